The van der Waals surface area contributed by atoms with E-state index in [4.69, 9.17) is 10.5 Å². The predicted octanol–water partition coefficient (Wildman–Crippen LogP) is 0.753. The number of hydrogen-bond donors (Lipinski definition) is 1. The quantitative estimate of drug-likeness (QED) is 0.437. The Kier molecular flexibility index (Phi) is 3.36. The van der Waals surface area contributed by atoms with Crippen molar-refractivity contribution in [3.05, 3.63) is 29.8 Å². The summed E-state index contributed by atoms with van der Waals surface area (Å²) in [4.78, 5) is 21.8. The first-order valence-corrected chi connectivity index (χ1v) is 4.15. The molecule has 0 atom stereocenters. The van der Waals surface area contributed by atoms with E-state index in [9.17, 15) is 9.59 Å². The second-order valence-electron chi connectivity index (χ2n) is 2.76. The molecule has 1 rings (SSSR count). The van der Waals surface area contributed by atoms with Gasteiger partial charge in [-0.3, -0.25) is 9.59 Å². The Labute approximate surface area is 81.7 Å². The molecule has 0 aliphatic heterocycles. The van der Waals surface area contributed by atoms with Crippen LogP contribution in [0.15, 0.2) is 24.3 Å². The van der Waals surface area contributed by atoms with Crippen molar-refractivity contribution in [2.75, 3.05) is 6.54 Å². The molecule has 0 spiro atoms. The van der Waals surface area contributed by atoms with Gasteiger partial charge in [0.25, 0.3) is 0 Å². The molecule has 0 saturated heterocycles. The summed E-state index contributed by atoms with van der Waals surface area (Å²) in [6, 6.07) is 6.41. The molecule has 1 aromatic rings. The summed E-state index contributed by atoms with van der Waals surface area (Å²) in [6.07, 6.45) is 0. The highest BCUT2D eigenvalue weighted by atomic mass is 16.5. The largest absolute Gasteiger partial charge is 0.426 e. The average Bonchev–Trinajstić information content (AvgIpc) is 2.18. The van der Waals surface area contributed by atoms with E-state index in [0.29, 0.717) is 11.3 Å². The molecule has 0 aromatic heterocycles. The van der Waals surface area contributed by atoms with E-state index in [1.165, 1.54) is 13.0 Å². The first-order chi connectivity index (χ1) is 6.63. The van der Waals surface area contributed by atoms with E-state index in [-0.39, 0.29) is 12.3 Å². The van der Waals surface area contributed by atoms with Crippen LogP contribution in [0.5, 0.6) is 5.75 Å². The Morgan fingerprint density at radius 3 is 2.71 bits per heavy atom. The summed E-state index contributed by atoms with van der Waals surface area (Å²) in [6.45, 7) is 1.27. The third kappa shape index (κ3) is 2.67. The van der Waals surface area contributed by atoms with Gasteiger partial charge in [-0.05, 0) is 19.1 Å². The third-order valence-electron chi connectivity index (χ3n) is 1.64. The second-order valence-corrected chi connectivity index (χ2v) is 2.76. The Balaban J connectivity index is 2.83. The molecule has 14 heavy (non-hydrogen) atoms. The van der Waals surface area contributed by atoms with Gasteiger partial charge < -0.3 is 10.5 Å². The lowest BCUT2D eigenvalue weighted by atomic mass is 10.1. The van der Waals surface area contributed by atoms with Crippen molar-refractivity contribution >= 4 is 11.8 Å². The Morgan fingerprint density at radius 1 is 1.43 bits per heavy atom. The van der Waals surface area contributed by atoms with Crippen LogP contribution in [0.25, 0.3) is 0 Å². The Hall–Kier alpha value is -1.68. The number of ketones is 1. The summed E-state index contributed by atoms with van der Waals surface area (Å²) in [5, 5.41) is 0. The number of carbonyl (C=O) groups excluding carboxylic acids is 2. The van der Waals surface area contributed by atoms with Gasteiger partial charge in [0.1, 0.15) is 5.75 Å². The van der Waals surface area contributed by atoms with Crippen molar-refractivity contribution < 1.29 is 14.3 Å². The lowest BCUT2D eigenvalue weighted by Crippen LogP contribution is -2.19. The molecule has 4 heteroatoms. The highest BCUT2D eigenvalue weighted by molar-refractivity contribution is 5.94. The van der Waals surface area contributed by atoms with Crippen LogP contribution in [-0.2, 0) is 4.79 Å². The van der Waals surface area contributed by atoms with Gasteiger partial charge in [-0.2, -0.15) is 0 Å². The summed E-state index contributed by atoms with van der Waals surface area (Å²) in [5.74, 6) is -0.255. The monoisotopic (exact) mass is 193 g/mol. The van der Waals surface area contributed by atoms with Crippen LogP contribution in [0.1, 0.15) is 17.3 Å². The summed E-state index contributed by atoms with van der Waals surface area (Å²) >= 11 is 0. The standard InChI is InChI=1S/C10H11NO3/c1-7(12)8-3-2-4-9(5-8)14-10(13)6-11/h2-5H,6,11H2,1H3. The molecular weight excluding hydrogens is 182 g/mol. The van der Waals surface area contributed by atoms with Crippen LogP contribution in [0.2, 0.25) is 0 Å². The number of nitrogens with two attached hydrogens (primary N) is 1. The number of rotatable bonds is 3. The molecule has 2 N–H and O–H groups in total. The fourth-order valence-corrected chi connectivity index (χ4v) is 0.952. The minimum absolute atomic E-state index is 0.0735. The van der Waals surface area contributed by atoms with E-state index in [2.05, 4.69) is 0 Å². The number of hydrogen-bond acceptors (Lipinski definition) is 4. The maximum atomic E-state index is 11.0. The van der Waals surface area contributed by atoms with Crippen LogP contribution >= 0.6 is 0 Å². The topological polar surface area (TPSA) is 69.4 Å². The van der Waals surface area contributed by atoms with Crippen molar-refractivity contribution in [3.63, 3.8) is 0 Å². The normalized spacial score (nSPS) is 9.57. The van der Waals surface area contributed by atoms with E-state index in [1.807, 2.05) is 0 Å². The Morgan fingerprint density at radius 2 is 2.14 bits per heavy atom. The predicted molar refractivity (Wildman–Crippen MR) is 51.1 cm³/mol. The molecule has 4 nitrogen and oxygen atoms in total. The fourth-order valence-electron chi connectivity index (χ4n) is 0.952. The van der Waals surface area contributed by atoms with Crippen LogP contribution in [-0.4, -0.2) is 18.3 Å². The number of benzene rings is 1. The molecule has 0 fully saturated rings. The molecule has 0 heterocycles. The maximum absolute atomic E-state index is 11.0. The zero-order chi connectivity index (χ0) is 10.6. The van der Waals surface area contributed by atoms with Crippen molar-refractivity contribution in [1.29, 1.82) is 0 Å². The molecule has 0 unspecified atom stereocenters. The molecule has 0 bridgehead atoms. The fraction of sp³-hybridized carbons (Fsp3) is 0.200. The van der Waals surface area contributed by atoms with Crippen LogP contribution < -0.4 is 10.5 Å². The SMILES string of the molecule is CC(=O)c1cccc(OC(=O)CN)c1. The smallest absolute Gasteiger partial charge is 0.325 e. The van der Waals surface area contributed by atoms with Crippen LogP contribution in [0, 0.1) is 0 Å². The van der Waals surface area contributed by atoms with E-state index in [0.717, 1.165) is 0 Å². The average molecular weight is 193 g/mol. The minimum Gasteiger partial charge on any atom is -0.426 e. The van der Waals surface area contributed by atoms with Crippen LogP contribution in [0.3, 0.4) is 0 Å². The van der Waals surface area contributed by atoms with Gasteiger partial charge in [-0.15, -0.1) is 0 Å². The molecule has 74 valence electrons. The van der Waals surface area contributed by atoms with Gasteiger partial charge in [0.2, 0.25) is 0 Å². The zero-order valence-electron chi connectivity index (χ0n) is 7.82. The van der Waals surface area contributed by atoms with E-state index >= 15 is 0 Å². The minimum atomic E-state index is -0.522. The zero-order valence-corrected chi connectivity index (χ0v) is 7.82. The first-order valence-electron chi connectivity index (χ1n) is 4.15. The highest BCUT2D eigenvalue weighted by Gasteiger charge is 2.04. The number of esters is 1. The number of carbonyl (C=O) groups is 2. The van der Waals surface area contributed by atoms with Gasteiger partial charge in [-0.25, -0.2) is 0 Å². The first kappa shape index (κ1) is 10.4. The van der Waals surface area contributed by atoms with Gasteiger partial charge in [0.05, 0.1) is 6.54 Å². The molecular formula is C10H11NO3. The second kappa shape index (κ2) is 4.53. The van der Waals surface area contributed by atoms with Crippen molar-refractivity contribution in [1.82, 2.24) is 0 Å². The molecule has 0 aliphatic rings. The molecule has 1 aromatic carbocycles. The molecule has 0 radical (unpaired) electrons. The Bertz CT molecular complexity index is 360. The van der Waals surface area contributed by atoms with Gasteiger partial charge in [0, 0.05) is 5.56 Å². The van der Waals surface area contributed by atoms with Crippen molar-refractivity contribution in [2.45, 2.75) is 6.92 Å². The molecule has 0 aliphatic carbocycles. The van der Waals surface area contributed by atoms with Crippen molar-refractivity contribution in [2.24, 2.45) is 5.73 Å². The van der Waals surface area contributed by atoms with Crippen LogP contribution in [0.4, 0.5) is 0 Å². The summed E-state index contributed by atoms with van der Waals surface area (Å²) in [5.41, 5.74) is 5.58. The summed E-state index contributed by atoms with van der Waals surface area (Å²) in [7, 11) is 0. The number of Topliss-reactive ketones (excluding diaryl/α,β-unsaturated/α-hetero) is 1. The highest BCUT2D eigenvalue weighted by Crippen LogP contribution is 2.13. The summed E-state index contributed by atoms with van der Waals surface area (Å²) < 4.78 is 4.84. The van der Waals surface area contributed by atoms with Gasteiger partial charge >= 0.3 is 5.97 Å². The van der Waals surface area contributed by atoms with Gasteiger partial charge in [-0.1, -0.05) is 12.1 Å². The lowest BCUT2D eigenvalue weighted by Gasteiger charge is -2.03. The molecule has 0 amide bonds. The maximum Gasteiger partial charge on any atom is 0.325 e. The lowest BCUT2D eigenvalue weighted by molar-refractivity contribution is -0.132. The number of ether oxygens (including phenoxy) is 1. The molecule has 0 saturated carbocycles. The van der Waals surface area contributed by atoms with E-state index < -0.39 is 5.97 Å². The third-order valence-corrected chi connectivity index (χ3v) is 1.64. The van der Waals surface area contributed by atoms with E-state index in [1.54, 1.807) is 18.2 Å². The van der Waals surface area contributed by atoms with Gasteiger partial charge in [0.15, 0.2) is 5.78 Å². The van der Waals surface area contributed by atoms with Crippen molar-refractivity contribution in [3.8, 4) is 5.75 Å².